The Hall–Kier alpha value is -0.790. The molecule has 0 spiro atoms. The Morgan fingerprint density at radius 3 is 2.47 bits per heavy atom. The van der Waals surface area contributed by atoms with E-state index in [0.717, 1.165) is 18.2 Å². The van der Waals surface area contributed by atoms with Crippen molar-refractivity contribution < 1.29 is 21.6 Å². The van der Waals surface area contributed by atoms with Crippen LogP contribution in [0.2, 0.25) is 0 Å². The molecule has 0 amide bonds. The van der Waals surface area contributed by atoms with Gasteiger partial charge in [-0.25, -0.2) is 13.1 Å². The van der Waals surface area contributed by atoms with Crippen molar-refractivity contribution in [2.24, 2.45) is 0 Å². The molecule has 0 aliphatic heterocycles. The fourth-order valence-corrected chi connectivity index (χ4v) is 3.10. The summed E-state index contributed by atoms with van der Waals surface area (Å²) in [6, 6.07) is 3.07. The molecule has 0 fully saturated rings. The topological polar surface area (TPSA) is 46.2 Å². The standard InChI is InChI=1S/C11H13ClF3NO2S/c1-2-9(7-12)16-19(17,18)10-5-3-4-8(6-10)11(13,14)15/h3-6,9,16H,2,7H2,1H3. The smallest absolute Gasteiger partial charge is 0.207 e. The lowest BCUT2D eigenvalue weighted by molar-refractivity contribution is -0.137. The first-order valence-corrected chi connectivity index (χ1v) is 7.48. The lowest BCUT2D eigenvalue weighted by atomic mass is 10.2. The van der Waals surface area contributed by atoms with E-state index in [4.69, 9.17) is 11.6 Å². The minimum absolute atomic E-state index is 0.0503. The molecule has 3 nitrogen and oxygen atoms in total. The van der Waals surface area contributed by atoms with Crippen molar-refractivity contribution in [3.05, 3.63) is 29.8 Å². The molecule has 108 valence electrons. The SMILES string of the molecule is CCC(CCl)NS(=O)(=O)c1cccc(C(F)(F)F)c1. The van der Waals surface area contributed by atoms with Gasteiger partial charge in [-0.2, -0.15) is 13.2 Å². The Morgan fingerprint density at radius 2 is 2.00 bits per heavy atom. The normalized spacial score (nSPS) is 14.4. The number of halogens is 4. The molecule has 0 saturated heterocycles. The van der Waals surface area contributed by atoms with E-state index in [2.05, 4.69) is 4.72 Å². The van der Waals surface area contributed by atoms with Crippen LogP contribution >= 0.6 is 11.6 Å². The summed E-state index contributed by atoms with van der Waals surface area (Å²) in [5.41, 5.74) is -1.01. The van der Waals surface area contributed by atoms with Gasteiger partial charge >= 0.3 is 6.18 Å². The van der Waals surface area contributed by atoms with E-state index in [9.17, 15) is 21.6 Å². The van der Waals surface area contributed by atoms with Crippen molar-refractivity contribution >= 4 is 21.6 Å². The van der Waals surface area contributed by atoms with Crippen molar-refractivity contribution in [3.8, 4) is 0 Å². The maximum Gasteiger partial charge on any atom is 0.416 e. The van der Waals surface area contributed by atoms with Crippen molar-refractivity contribution in [2.45, 2.75) is 30.5 Å². The Morgan fingerprint density at radius 1 is 1.37 bits per heavy atom. The quantitative estimate of drug-likeness (QED) is 0.849. The Balaban J connectivity index is 3.09. The number of benzene rings is 1. The molecule has 1 unspecified atom stereocenters. The highest BCUT2D eigenvalue weighted by Gasteiger charge is 2.31. The van der Waals surface area contributed by atoms with Crippen LogP contribution in [0.25, 0.3) is 0 Å². The minimum Gasteiger partial charge on any atom is -0.207 e. The third kappa shape index (κ3) is 4.36. The monoisotopic (exact) mass is 315 g/mol. The zero-order chi connectivity index (χ0) is 14.7. The van der Waals surface area contributed by atoms with Crippen molar-refractivity contribution in [2.75, 3.05) is 5.88 Å². The van der Waals surface area contributed by atoms with E-state index in [-0.39, 0.29) is 5.88 Å². The van der Waals surface area contributed by atoms with Gasteiger partial charge in [-0.15, -0.1) is 11.6 Å². The minimum atomic E-state index is -4.58. The maximum atomic E-state index is 12.5. The first kappa shape index (κ1) is 16.3. The van der Waals surface area contributed by atoms with Crippen LogP contribution in [0.15, 0.2) is 29.2 Å². The molecule has 1 aromatic rings. The molecular weight excluding hydrogens is 303 g/mol. The summed E-state index contributed by atoms with van der Waals surface area (Å²) in [5.74, 6) is 0.0503. The van der Waals surface area contributed by atoms with E-state index in [1.807, 2.05) is 0 Å². The molecule has 8 heteroatoms. The van der Waals surface area contributed by atoms with Gasteiger partial charge in [0.25, 0.3) is 0 Å². The molecule has 0 radical (unpaired) electrons. The van der Waals surface area contributed by atoms with Crippen LogP contribution in [-0.2, 0) is 16.2 Å². The molecule has 19 heavy (non-hydrogen) atoms. The average molecular weight is 316 g/mol. The summed E-state index contributed by atoms with van der Waals surface area (Å²) < 4.78 is 63.6. The highest BCUT2D eigenvalue weighted by atomic mass is 35.5. The third-order valence-corrected chi connectivity index (χ3v) is 4.36. The fraction of sp³-hybridized carbons (Fsp3) is 0.455. The maximum absolute atomic E-state index is 12.5. The second kappa shape index (κ2) is 6.11. The van der Waals surface area contributed by atoms with Gasteiger partial charge in [0.05, 0.1) is 10.5 Å². The largest absolute Gasteiger partial charge is 0.416 e. The molecule has 1 rings (SSSR count). The van der Waals surface area contributed by atoms with Crippen LogP contribution in [-0.4, -0.2) is 20.3 Å². The van der Waals surface area contributed by atoms with Crippen LogP contribution in [0.4, 0.5) is 13.2 Å². The van der Waals surface area contributed by atoms with Crippen LogP contribution in [0.1, 0.15) is 18.9 Å². The number of hydrogen-bond acceptors (Lipinski definition) is 2. The summed E-state index contributed by atoms with van der Waals surface area (Å²) in [5, 5.41) is 0. The van der Waals surface area contributed by atoms with Gasteiger partial charge in [-0.3, -0.25) is 0 Å². The third-order valence-electron chi connectivity index (χ3n) is 2.47. The molecular formula is C11H13ClF3NO2S. The highest BCUT2D eigenvalue weighted by molar-refractivity contribution is 7.89. The first-order chi connectivity index (χ1) is 8.70. The second-order valence-corrected chi connectivity index (χ2v) is 5.93. The van der Waals surface area contributed by atoms with Crippen molar-refractivity contribution in [1.82, 2.24) is 4.72 Å². The van der Waals surface area contributed by atoms with Gasteiger partial charge in [0, 0.05) is 11.9 Å². The van der Waals surface area contributed by atoms with Crippen LogP contribution in [0, 0.1) is 0 Å². The van der Waals surface area contributed by atoms with E-state index < -0.39 is 32.7 Å². The van der Waals surface area contributed by atoms with Gasteiger partial charge in [-0.05, 0) is 24.6 Å². The average Bonchev–Trinajstić information content (AvgIpc) is 2.35. The predicted molar refractivity (Wildman–Crippen MR) is 66.6 cm³/mol. The fourth-order valence-electron chi connectivity index (χ4n) is 1.35. The molecule has 0 aliphatic rings. The molecule has 0 bridgehead atoms. The molecule has 0 saturated carbocycles. The molecule has 1 N–H and O–H groups in total. The van der Waals surface area contributed by atoms with Crippen molar-refractivity contribution in [1.29, 1.82) is 0 Å². The van der Waals surface area contributed by atoms with E-state index in [0.29, 0.717) is 12.5 Å². The summed E-state index contributed by atoms with van der Waals surface area (Å²) in [4.78, 5) is -0.425. The molecule has 0 aliphatic carbocycles. The highest BCUT2D eigenvalue weighted by Crippen LogP contribution is 2.30. The number of hydrogen-bond donors (Lipinski definition) is 1. The summed E-state index contributed by atoms with van der Waals surface area (Å²) in [7, 11) is -4.00. The zero-order valence-electron chi connectivity index (χ0n) is 10.0. The predicted octanol–water partition coefficient (Wildman–Crippen LogP) is 3.00. The van der Waals surface area contributed by atoms with Crippen LogP contribution in [0.5, 0.6) is 0 Å². The Labute approximate surface area is 114 Å². The van der Waals surface area contributed by atoms with Crippen LogP contribution < -0.4 is 4.72 Å². The van der Waals surface area contributed by atoms with Crippen LogP contribution in [0.3, 0.4) is 0 Å². The Bertz CT molecular complexity index is 527. The first-order valence-electron chi connectivity index (χ1n) is 5.46. The lowest BCUT2D eigenvalue weighted by Crippen LogP contribution is -2.35. The summed E-state index contributed by atoms with van der Waals surface area (Å²) in [6.07, 6.45) is -4.14. The summed E-state index contributed by atoms with van der Waals surface area (Å²) in [6.45, 7) is 1.72. The number of nitrogens with one attached hydrogen (secondary N) is 1. The molecule has 0 aromatic heterocycles. The number of sulfonamides is 1. The van der Waals surface area contributed by atoms with Gasteiger partial charge in [0.2, 0.25) is 10.0 Å². The van der Waals surface area contributed by atoms with Crippen molar-refractivity contribution in [3.63, 3.8) is 0 Å². The van der Waals surface area contributed by atoms with E-state index in [1.54, 1.807) is 6.92 Å². The van der Waals surface area contributed by atoms with Gasteiger partial charge in [-0.1, -0.05) is 13.0 Å². The van der Waals surface area contributed by atoms with Gasteiger partial charge in [0.15, 0.2) is 0 Å². The second-order valence-electron chi connectivity index (χ2n) is 3.91. The Kier molecular flexibility index (Phi) is 5.23. The van der Waals surface area contributed by atoms with E-state index >= 15 is 0 Å². The lowest BCUT2D eigenvalue weighted by Gasteiger charge is -2.15. The van der Waals surface area contributed by atoms with Gasteiger partial charge < -0.3 is 0 Å². The number of rotatable bonds is 5. The molecule has 1 atom stereocenters. The summed E-state index contributed by atoms with van der Waals surface area (Å²) >= 11 is 5.56. The van der Waals surface area contributed by atoms with E-state index in [1.165, 1.54) is 0 Å². The molecule has 0 heterocycles. The number of alkyl halides is 4. The van der Waals surface area contributed by atoms with Gasteiger partial charge in [0.1, 0.15) is 0 Å². The molecule has 1 aromatic carbocycles. The zero-order valence-corrected chi connectivity index (χ0v) is 11.6.